The number of nitrogens with one attached hydrogen (secondary N) is 1. The first-order chi connectivity index (χ1) is 13.9. The van der Waals surface area contributed by atoms with Crippen molar-refractivity contribution in [1.29, 1.82) is 0 Å². The van der Waals surface area contributed by atoms with Gasteiger partial charge in [0.05, 0.1) is 0 Å². The number of aryl methyl sites for hydroxylation is 1. The van der Waals surface area contributed by atoms with Gasteiger partial charge in [-0.1, -0.05) is 67.9 Å². The summed E-state index contributed by atoms with van der Waals surface area (Å²) in [5.74, 6) is 0.367. The number of nitrogens with zero attached hydrogens (tertiary/aromatic N) is 1. The third-order valence-electron chi connectivity index (χ3n) is 4.92. The Bertz CT molecular complexity index is 775. The first kappa shape index (κ1) is 23.0. The largest absolute Gasteiger partial charge is 0.354 e. The predicted octanol–water partition coefficient (Wildman–Crippen LogP) is 4.85. The zero-order valence-electron chi connectivity index (χ0n) is 17.5. The Balaban J connectivity index is 2.07. The SMILES string of the molecule is CC(C)CCNC(=O)[C@@H](C)N(Cc1ccc(Cl)cc1)C(=O)CCc1ccccc1. The Kier molecular flexibility index (Phi) is 9.20. The number of carbonyl (C=O) groups excluding carboxylic acids is 2. The maximum Gasteiger partial charge on any atom is 0.242 e. The van der Waals surface area contributed by atoms with Crippen LogP contribution in [0.2, 0.25) is 5.02 Å². The van der Waals surface area contributed by atoms with Crippen LogP contribution in [0.4, 0.5) is 0 Å². The van der Waals surface area contributed by atoms with E-state index in [0.717, 1.165) is 17.5 Å². The molecule has 0 unspecified atom stereocenters. The van der Waals surface area contributed by atoms with Crippen molar-refractivity contribution >= 4 is 23.4 Å². The van der Waals surface area contributed by atoms with Gasteiger partial charge in [-0.05, 0) is 48.9 Å². The number of halogens is 1. The van der Waals surface area contributed by atoms with Gasteiger partial charge < -0.3 is 10.2 Å². The van der Waals surface area contributed by atoms with Crippen LogP contribution in [0.25, 0.3) is 0 Å². The first-order valence-corrected chi connectivity index (χ1v) is 10.6. The standard InChI is InChI=1S/C24H31ClN2O2/c1-18(2)15-16-26-24(29)19(3)27(17-21-9-12-22(25)13-10-21)23(28)14-11-20-7-5-4-6-8-20/h4-10,12-13,18-19H,11,14-17H2,1-3H3,(H,26,29)/t19-/m1/s1. The zero-order chi connectivity index (χ0) is 21.2. The molecule has 156 valence electrons. The molecule has 0 aromatic heterocycles. The lowest BCUT2D eigenvalue weighted by Gasteiger charge is -2.29. The molecule has 2 amide bonds. The van der Waals surface area contributed by atoms with Crippen molar-refractivity contribution in [3.8, 4) is 0 Å². The second-order valence-corrected chi connectivity index (χ2v) is 8.22. The van der Waals surface area contributed by atoms with E-state index in [1.807, 2.05) is 42.5 Å². The molecule has 1 N–H and O–H groups in total. The van der Waals surface area contributed by atoms with Gasteiger partial charge in [-0.25, -0.2) is 0 Å². The molecule has 2 aromatic rings. The minimum atomic E-state index is -0.541. The van der Waals surface area contributed by atoms with Gasteiger partial charge in [0, 0.05) is 24.5 Å². The Morgan fingerprint density at radius 3 is 2.24 bits per heavy atom. The minimum Gasteiger partial charge on any atom is -0.354 e. The van der Waals surface area contributed by atoms with E-state index in [9.17, 15) is 9.59 Å². The predicted molar refractivity (Wildman–Crippen MR) is 119 cm³/mol. The molecule has 0 fully saturated rings. The lowest BCUT2D eigenvalue weighted by molar-refractivity contribution is -0.140. The van der Waals surface area contributed by atoms with Crippen molar-refractivity contribution in [2.45, 2.75) is 52.6 Å². The molecule has 0 radical (unpaired) electrons. The molecule has 5 heteroatoms. The van der Waals surface area contributed by atoms with Crippen LogP contribution >= 0.6 is 11.6 Å². The van der Waals surface area contributed by atoms with Crippen LogP contribution in [0.15, 0.2) is 54.6 Å². The Morgan fingerprint density at radius 2 is 1.62 bits per heavy atom. The fourth-order valence-corrected chi connectivity index (χ4v) is 3.17. The summed E-state index contributed by atoms with van der Waals surface area (Å²) < 4.78 is 0. The van der Waals surface area contributed by atoms with E-state index < -0.39 is 6.04 Å². The van der Waals surface area contributed by atoms with E-state index in [-0.39, 0.29) is 11.8 Å². The molecule has 0 aliphatic heterocycles. The fourth-order valence-electron chi connectivity index (χ4n) is 3.04. The highest BCUT2D eigenvalue weighted by molar-refractivity contribution is 6.30. The summed E-state index contributed by atoms with van der Waals surface area (Å²) in [6.45, 7) is 7.03. The quantitative estimate of drug-likeness (QED) is 0.604. The van der Waals surface area contributed by atoms with Gasteiger partial charge in [0.2, 0.25) is 11.8 Å². The number of hydrogen-bond donors (Lipinski definition) is 1. The lowest BCUT2D eigenvalue weighted by atomic mass is 10.1. The van der Waals surface area contributed by atoms with E-state index in [1.54, 1.807) is 24.0 Å². The van der Waals surface area contributed by atoms with Crippen molar-refractivity contribution in [2.24, 2.45) is 5.92 Å². The van der Waals surface area contributed by atoms with Gasteiger partial charge in [0.15, 0.2) is 0 Å². The van der Waals surface area contributed by atoms with E-state index >= 15 is 0 Å². The number of rotatable bonds is 10. The zero-order valence-corrected chi connectivity index (χ0v) is 18.3. The molecular weight excluding hydrogens is 384 g/mol. The number of benzene rings is 2. The molecule has 29 heavy (non-hydrogen) atoms. The van der Waals surface area contributed by atoms with Crippen LogP contribution in [0.1, 0.15) is 44.7 Å². The maximum absolute atomic E-state index is 13.0. The smallest absolute Gasteiger partial charge is 0.242 e. The minimum absolute atomic E-state index is 0.0321. The summed E-state index contributed by atoms with van der Waals surface area (Å²) in [4.78, 5) is 27.4. The average Bonchev–Trinajstić information content (AvgIpc) is 2.71. The van der Waals surface area contributed by atoms with Crippen LogP contribution in [-0.4, -0.2) is 29.3 Å². The van der Waals surface area contributed by atoms with Gasteiger partial charge in [-0.2, -0.15) is 0 Å². The second-order valence-electron chi connectivity index (χ2n) is 7.78. The van der Waals surface area contributed by atoms with Crippen molar-refractivity contribution in [2.75, 3.05) is 6.54 Å². The Hall–Kier alpha value is -2.33. The molecule has 0 bridgehead atoms. The van der Waals surface area contributed by atoms with E-state index in [1.165, 1.54) is 0 Å². The molecule has 1 atom stereocenters. The van der Waals surface area contributed by atoms with Crippen molar-refractivity contribution < 1.29 is 9.59 Å². The Morgan fingerprint density at radius 1 is 0.966 bits per heavy atom. The van der Waals surface area contributed by atoms with Gasteiger partial charge in [-0.3, -0.25) is 9.59 Å². The molecule has 0 aliphatic rings. The number of carbonyl (C=O) groups is 2. The molecular formula is C24H31ClN2O2. The van der Waals surface area contributed by atoms with Crippen LogP contribution < -0.4 is 5.32 Å². The van der Waals surface area contributed by atoms with Gasteiger partial charge in [0.1, 0.15) is 6.04 Å². The van der Waals surface area contributed by atoms with E-state index in [2.05, 4.69) is 19.2 Å². The fraction of sp³-hybridized carbons (Fsp3) is 0.417. The number of hydrogen-bond acceptors (Lipinski definition) is 2. The Labute approximate surface area is 179 Å². The summed E-state index contributed by atoms with van der Waals surface area (Å²) in [5, 5.41) is 3.61. The highest BCUT2D eigenvalue weighted by Crippen LogP contribution is 2.15. The first-order valence-electron chi connectivity index (χ1n) is 10.2. The highest BCUT2D eigenvalue weighted by atomic mass is 35.5. The average molecular weight is 415 g/mol. The molecule has 0 heterocycles. The van der Waals surface area contributed by atoms with Crippen LogP contribution in [0, 0.1) is 5.92 Å². The van der Waals surface area contributed by atoms with Gasteiger partial charge >= 0.3 is 0 Å². The topological polar surface area (TPSA) is 49.4 Å². The van der Waals surface area contributed by atoms with Crippen LogP contribution in [0.5, 0.6) is 0 Å². The molecule has 0 saturated carbocycles. The van der Waals surface area contributed by atoms with Crippen molar-refractivity contribution in [3.63, 3.8) is 0 Å². The van der Waals surface area contributed by atoms with Crippen molar-refractivity contribution in [3.05, 3.63) is 70.7 Å². The highest BCUT2D eigenvalue weighted by Gasteiger charge is 2.25. The summed E-state index contributed by atoms with van der Waals surface area (Å²) in [6.07, 6.45) is 1.93. The van der Waals surface area contributed by atoms with Crippen LogP contribution in [-0.2, 0) is 22.6 Å². The van der Waals surface area contributed by atoms with Gasteiger partial charge in [0.25, 0.3) is 0 Å². The molecule has 0 spiro atoms. The summed E-state index contributed by atoms with van der Waals surface area (Å²) >= 11 is 5.98. The summed E-state index contributed by atoms with van der Waals surface area (Å²) in [5.41, 5.74) is 2.06. The third kappa shape index (κ3) is 7.90. The molecule has 0 saturated heterocycles. The molecule has 2 rings (SSSR count). The molecule has 4 nitrogen and oxygen atoms in total. The maximum atomic E-state index is 13.0. The molecule has 0 aliphatic carbocycles. The summed E-state index contributed by atoms with van der Waals surface area (Å²) in [7, 11) is 0. The third-order valence-corrected chi connectivity index (χ3v) is 5.18. The van der Waals surface area contributed by atoms with E-state index in [4.69, 9.17) is 11.6 Å². The normalized spacial score (nSPS) is 11.9. The van der Waals surface area contributed by atoms with Crippen LogP contribution in [0.3, 0.4) is 0 Å². The van der Waals surface area contributed by atoms with Crippen molar-refractivity contribution in [1.82, 2.24) is 10.2 Å². The second kappa shape index (κ2) is 11.6. The number of amides is 2. The summed E-state index contributed by atoms with van der Waals surface area (Å²) in [6, 6.07) is 16.8. The molecule has 2 aromatic carbocycles. The lowest BCUT2D eigenvalue weighted by Crippen LogP contribution is -2.48. The van der Waals surface area contributed by atoms with E-state index in [0.29, 0.717) is 36.9 Å². The van der Waals surface area contributed by atoms with Gasteiger partial charge in [-0.15, -0.1) is 0 Å². The monoisotopic (exact) mass is 414 g/mol.